The molecule has 18 heavy (non-hydrogen) atoms. The molecule has 0 heterocycles. The fraction of sp³-hybridized carbons (Fsp3) is 0.571. The van der Waals surface area contributed by atoms with Crippen molar-refractivity contribution < 1.29 is 19.1 Å². The Kier molecular flexibility index (Phi) is 2.73. The summed E-state index contributed by atoms with van der Waals surface area (Å²) in [4.78, 5) is 21.7. The van der Waals surface area contributed by atoms with Gasteiger partial charge in [0.1, 0.15) is 12.2 Å². The standard InChI is InChI=1S/C14H16O4/c1-8(16)18-12-5-4-11(17-7-15)13-9-2-3-10(6-9)14(12)13/h2-5,7,9-14H,6H2,1H3/t9-,10+,11+,12-,13+,14-/m1/s1. The Morgan fingerprint density at radius 1 is 1.11 bits per heavy atom. The predicted octanol–water partition coefficient (Wildman–Crippen LogP) is 1.47. The summed E-state index contributed by atoms with van der Waals surface area (Å²) >= 11 is 0. The number of hydrogen-bond acceptors (Lipinski definition) is 4. The molecule has 3 aliphatic rings. The van der Waals surface area contributed by atoms with E-state index in [1.807, 2.05) is 12.2 Å². The Balaban J connectivity index is 1.88. The molecule has 0 radical (unpaired) electrons. The second kappa shape index (κ2) is 4.26. The summed E-state index contributed by atoms with van der Waals surface area (Å²) < 4.78 is 10.5. The van der Waals surface area contributed by atoms with Gasteiger partial charge in [-0.1, -0.05) is 12.2 Å². The monoisotopic (exact) mass is 248 g/mol. The highest BCUT2D eigenvalue weighted by atomic mass is 16.5. The Morgan fingerprint density at radius 2 is 1.72 bits per heavy atom. The van der Waals surface area contributed by atoms with Gasteiger partial charge in [-0.15, -0.1) is 0 Å². The number of carbonyl (C=O) groups excluding carboxylic acids is 2. The molecule has 0 saturated heterocycles. The van der Waals surface area contributed by atoms with Gasteiger partial charge in [-0.25, -0.2) is 0 Å². The van der Waals surface area contributed by atoms with E-state index < -0.39 is 0 Å². The van der Waals surface area contributed by atoms with Crippen LogP contribution in [-0.4, -0.2) is 24.6 Å². The van der Waals surface area contributed by atoms with E-state index in [0.29, 0.717) is 18.3 Å². The number of allylic oxidation sites excluding steroid dienone is 2. The van der Waals surface area contributed by atoms with Crippen molar-refractivity contribution in [1.29, 1.82) is 0 Å². The molecule has 6 atom stereocenters. The molecular weight excluding hydrogens is 232 g/mol. The predicted molar refractivity (Wildman–Crippen MR) is 63.3 cm³/mol. The smallest absolute Gasteiger partial charge is 0.303 e. The first kappa shape index (κ1) is 11.5. The van der Waals surface area contributed by atoms with Gasteiger partial charge in [0.05, 0.1) is 0 Å². The molecule has 0 unspecified atom stereocenters. The third-order valence-electron chi connectivity index (χ3n) is 4.35. The minimum absolute atomic E-state index is 0.181. The number of fused-ring (bicyclic) bond motifs is 5. The van der Waals surface area contributed by atoms with Crippen LogP contribution >= 0.6 is 0 Å². The van der Waals surface area contributed by atoms with E-state index in [1.165, 1.54) is 6.92 Å². The van der Waals surface area contributed by atoms with Gasteiger partial charge in [-0.2, -0.15) is 0 Å². The summed E-state index contributed by atoms with van der Waals surface area (Å²) in [5, 5.41) is 0. The van der Waals surface area contributed by atoms with Gasteiger partial charge < -0.3 is 9.47 Å². The van der Waals surface area contributed by atoms with Crippen molar-refractivity contribution in [3.8, 4) is 0 Å². The number of esters is 1. The normalized spacial score (nSPS) is 43.6. The lowest BCUT2D eigenvalue weighted by molar-refractivity contribution is -0.151. The van der Waals surface area contributed by atoms with Gasteiger partial charge >= 0.3 is 5.97 Å². The van der Waals surface area contributed by atoms with Crippen molar-refractivity contribution in [3.05, 3.63) is 24.3 Å². The topological polar surface area (TPSA) is 52.6 Å². The largest absolute Gasteiger partial charge is 0.460 e. The molecule has 3 aliphatic carbocycles. The highest BCUT2D eigenvalue weighted by Crippen LogP contribution is 2.53. The number of carbonyl (C=O) groups is 2. The molecule has 0 N–H and O–H groups in total. The van der Waals surface area contributed by atoms with E-state index in [2.05, 4.69) is 12.2 Å². The van der Waals surface area contributed by atoms with Crippen molar-refractivity contribution in [2.75, 3.05) is 0 Å². The van der Waals surface area contributed by atoms with Gasteiger partial charge in [0.25, 0.3) is 6.47 Å². The molecule has 4 nitrogen and oxygen atoms in total. The minimum atomic E-state index is -0.259. The number of rotatable bonds is 3. The Labute approximate surface area is 106 Å². The molecule has 0 aliphatic heterocycles. The third kappa shape index (κ3) is 1.67. The molecule has 3 rings (SSSR count). The van der Waals surface area contributed by atoms with Crippen LogP contribution in [0.25, 0.3) is 0 Å². The van der Waals surface area contributed by atoms with Crippen LogP contribution in [0.1, 0.15) is 13.3 Å². The van der Waals surface area contributed by atoms with Gasteiger partial charge in [0.2, 0.25) is 0 Å². The van der Waals surface area contributed by atoms with Crippen LogP contribution in [0.3, 0.4) is 0 Å². The molecule has 2 bridgehead atoms. The molecule has 4 heteroatoms. The Bertz CT molecular complexity index is 426. The van der Waals surface area contributed by atoms with Crippen molar-refractivity contribution in [3.63, 3.8) is 0 Å². The summed E-state index contributed by atoms with van der Waals surface area (Å²) in [5.41, 5.74) is 0. The zero-order valence-corrected chi connectivity index (χ0v) is 10.2. The summed E-state index contributed by atoms with van der Waals surface area (Å²) in [6.07, 6.45) is 8.85. The molecule has 1 fully saturated rings. The molecule has 96 valence electrons. The Morgan fingerprint density at radius 3 is 2.33 bits per heavy atom. The summed E-state index contributed by atoms with van der Waals surface area (Å²) in [6, 6.07) is 0. The van der Waals surface area contributed by atoms with Crippen molar-refractivity contribution >= 4 is 12.4 Å². The molecule has 0 aromatic heterocycles. The summed E-state index contributed by atoms with van der Waals surface area (Å²) in [5.74, 6) is 1.11. The lowest BCUT2D eigenvalue weighted by Gasteiger charge is -2.38. The van der Waals surface area contributed by atoms with Crippen LogP contribution in [0.4, 0.5) is 0 Å². The number of ether oxygens (including phenoxy) is 2. The lowest BCUT2D eigenvalue weighted by Crippen LogP contribution is -2.42. The SMILES string of the molecule is CC(=O)O[C@@H]1C=C[C@H](OC=O)[C@H]2[C@@H]1[C@H]1C=C[C@@H]2C1. The average molecular weight is 248 g/mol. The van der Waals surface area contributed by atoms with Crippen LogP contribution < -0.4 is 0 Å². The summed E-state index contributed by atoms with van der Waals surface area (Å²) in [7, 11) is 0. The van der Waals surface area contributed by atoms with Crippen LogP contribution in [0.5, 0.6) is 0 Å². The van der Waals surface area contributed by atoms with Crippen molar-refractivity contribution in [2.45, 2.75) is 25.6 Å². The second-order valence-electron chi connectivity index (χ2n) is 5.26. The van der Waals surface area contributed by atoms with E-state index in [9.17, 15) is 9.59 Å². The van der Waals surface area contributed by atoms with Crippen molar-refractivity contribution in [1.82, 2.24) is 0 Å². The van der Waals surface area contributed by atoms with E-state index in [-0.39, 0.29) is 30.0 Å². The highest BCUT2D eigenvalue weighted by molar-refractivity contribution is 5.66. The molecule has 0 aromatic rings. The van der Waals surface area contributed by atoms with Gasteiger partial charge in [0.15, 0.2) is 0 Å². The number of hydrogen-bond donors (Lipinski definition) is 0. The minimum Gasteiger partial charge on any atom is -0.460 e. The van der Waals surface area contributed by atoms with Gasteiger partial charge in [0, 0.05) is 18.8 Å². The highest BCUT2D eigenvalue weighted by Gasteiger charge is 2.53. The maximum atomic E-state index is 11.2. The van der Waals surface area contributed by atoms with E-state index in [1.54, 1.807) is 0 Å². The molecule has 0 amide bonds. The molecule has 0 aromatic carbocycles. The molecule has 0 spiro atoms. The molecular formula is C14H16O4. The van der Waals surface area contributed by atoms with Crippen LogP contribution in [0, 0.1) is 23.7 Å². The van der Waals surface area contributed by atoms with E-state index >= 15 is 0 Å². The van der Waals surface area contributed by atoms with E-state index in [4.69, 9.17) is 9.47 Å². The van der Waals surface area contributed by atoms with Crippen molar-refractivity contribution in [2.24, 2.45) is 23.7 Å². The van der Waals surface area contributed by atoms with E-state index in [0.717, 1.165) is 6.42 Å². The Hall–Kier alpha value is -1.58. The maximum Gasteiger partial charge on any atom is 0.303 e. The van der Waals surface area contributed by atoms with Crippen LogP contribution in [0.15, 0.2) is 24.3 Å². The third-order valence-corrected chi connectivity index (χ3v) is 4.35. The summed E-state index contributed by atoms with van der Waals surface area (Å²) in [6.45, 7) is 1.94. The average Bonchev–Trinajstić information content (AvgIpc) is 2.92. The maximum absolute atomic E-state index is 11.2. The first-order chi connectivity index (χ1) is 8.70. The quantitative estimate of drug-likeness (QED) is 0.431. The zero-order valence-electron chi connectivity index (χ0n) is 10.2. The first-order valence-corrected chi connectivity index (χ1v) is 6.33. The second-order valence-corrected chi connectivity index (χ2v) is 5.26. The lowest BCUT2D eigenvalue weighted by atomic mass is 9.73. The van der Waals surface area contributed by atoms with Crippen LogP contribution in [-0.2, 0) is 19.1 Å². The van der Waals surface area contributed by atoms with Crippen LogP contribution in [0.2, 0.25) is 0 Å². The fourth-order valence-electron chi connectivity index (χ4n) is 3.81. The molecule has 1 saturated carbocycles. The van der Waals surface area contributed by atoms with Gasteiger partial charge in [-0.3, -0.25) is 9.59 Å². The zero-order chi connectivity index (χ0) is 12.7. The fourth-order valence-corrected chi connectivity index (χ4v) is 3.81. The first-order valence-electron chi connectivity index (χ1n) is 6.33. The van der Waals surface area contributed by atoms with Gasteiger partial charge in [-0.05, 0) is 30.4 Å².